The highest BCUT2D eigenvalue weighted by molar-refractivity contribution is 6.00. The first-order chi connectivity index (χ1) is 12.5. The first-order valence-corrected chi connectivity index (χ1v) is 9.61. The predicted molar refractivity (Wildman–Crippen MR) is 104 cm³/mol. The van der Waals surface area contributed by atoms with Gasteiger partial charge in [-0.2, -0.15) is 0 Å². The number of carbonyl (C=O) groups excluding carboxylic acids is 1. The molecule has 2 aromatic rings. The van der Waals surface area contributed by atoms with Crippen LogP contribution in [0.5, 0.6) is 0 Å². The predicted octanol–water partition coefficient (Wildman–Crippen LogP) is 2.99. The third-order valence-electron chi connectivity index (χ3n) is 5.75. The number of hydrogen-bond acceptors (Lipinski definition) is 4. The molecule has 26 heavy (non-hydrogen) atoms. The van der Waals surface area contributed by atoms with E-state index in [2.05, 4.69) is 22.5 Å². The number of aliphatic hydroxyl groups is 1. The Morgan fingerprint density at radius 2 is 2.27 bits per heavy atom. The van der Waals surface area contributed by atoms with Gasteiger partial charge in [0.05, 0.1) is 5.56 Å². The van der Waals surface area contributed by atoms with E-state index < -0.39 is 0 Å². The SMILES string of the molecule is CNc1cc(C)n2ccc(C(=O)N[C@H]3CCCC(C(C)CCO)C3)c2n1. The van der Waals surface area contributed by atoms with E-state index in [4.69, 9.17) is 0 Å². The van der Waals surface area contributed by atoms with Gasteiger partial charge in [0.15, 0.2) is 5.65 Å². The maximum atomic E-state index is 12.9. The van der Waals surface area contributed by atoms with Crippen molar-refractivity contribution in [2.75, 3.05) is 19.0 Å². The summed E-state index contributed by atoms with van der Waals surface area (Å²) in [5, 5.41) is 15.5. The maximum absolute atomic E-state index is 12.9. The van der Waals surface area contributed by atoms with E-state index in [1.807, 2.05) is 36.7 Å². The number of anilines is 1. The number of amides is 1. The highest BCUT2D eigenvalue weighted by Crippen LogP contribution is 2.32. The van der Waals surface area contributed by atoms with Crippen LogP contribution in [0.2, 0.25) is 0 Å². The Balaban J connectivity index is 1.74. The molecule has 0 saturated heterocycles. The zero-order valence-electron chi connectivity index (χ0n) is 16.0. The average Bonchev–Trinajstić information content (AvgIpc) is 3.06. The van der Waals surface area contributed by atoms with Gasteiger partial charge >= 0.3 is 0 Å². The zero-order chi connectivity index (χ0) is 18.7. The van der Waals surface area contributed by atoms with Crippen LogP contribution >= 0.6 is 0 Å². The summed E-state index contributed by atoms with van der Waals surface area (Å²) in [6, 6.07) is 4.01. The summed E-state index contributed by atoms with van der Waals surface area (Å²) in [6.45, 7) is 4.45. The van der Waals surface area contributed by atoms with Gasteiger partial charge in [-0.15, -0.1) is 0 Å². The Hall–Kier alpha value is -2.08. The molecular weight excluding hydrogens is 328 g/mol. The molecule has 6 nitrogen and oxygen atoms in total. The number of fused-ring (bicyclic) bond motifs is 1. The van der Waals surface area contributed by atoms with E-state index in [0.717, 1.165) is 37.2 Å². The first-order valence-electron chi connectivity index (χ1n) is 9.61. The lowest BCUT2D eigenvalue weighted by Gasteiger charge is -2.33. The van der Waals surface area contributed by atoms with Gasteiger partial charge < -0.3 is 20.1 Å². The minimum atomic E-state index is -0.0480. The van der Waals surface area contributed by atoms with E-state index in [1.165, 1.54) is 6.42 Å². The molecule has 1 aliphatic rings. The fourth-order valence-electron chi connectivity index (χ4n) is 4.12. The third-order valence-corrected chi connectivity index (χ3v) is 5.75. The van der Waals surface area contributed by atoms with Crippen LogP contribution < -0.4 is 10.6 Å². The minimum absolute atomic E-state index is 0.0480. The molecule has 1 saturated carbocycles. The summed E-state index contributed by atoms with van der Waals surface area (Å²) in [4.78, 5) is 17.4. The van der Waals surface area contributed by atoms with Crippen molar-refractivity contribution in [2.45, 2.75) is 52.0 Å². The Kier molecular flexibility index (Phi) is 5.81. The van der Waals surface area contributed by atoms with Crippen LogP contribution in [0.1, 0.15) is 55.1 Å². The molecule has 2 unspecified atom stereocenters. The highest BCUT2D eigenvalue weighted by atomic mass is 16.3. The number of rotatable bonds is 6. The van der Waals surface area contributed by atoms with E-state index in [9.17, 15) is 9.90 Å². The van der Waals surface area contributed by atoms with Crippen molar-refractivity contribution in [3.63, 3.8) is 0 Å². The molecular formula is C20H30N4O2. The summed E-state index contributed by atoms with van der Waals surface area (Å²) in [5.41, 5.74) is 2.34. The molecule has 2 aromatic heterocycles. The smallest absolute Gasteiger partial charge is 0.255 e. The van der Waals surface area contributed by atoms with Crippen LogP contribution in [0.25, 0.3) is 5.65 Å². The number of aryl methyl sites for hydroxylation is 1. The van der Waals surface area contributed by atoms with Gasteiger partial charge in [0.25, 0.3) is 5.91 Å². The van der Waals surface area contributed by atoms with Gasteiger partial charge in [-0.05, 0) is 44.1 Å². The van der Waals surface area contributed by atoms with Gasteiger partial charge in [-0.3, -0.25) is 4.79 Å². The molecule has 0 aliphatic heterocycles. The van der Waals surface area contributed by atoms with Gasteiger partial charge in [-0.1, -0.05) is 19.8 Å². The Bertz CT molecular complexity index is 771. The normalized spacial score (nSPS) is 21.5. The Morgan fingerprint density at radius 1 is 1.46 bits per heavy atom. The molecule has 2 heterocycles. The molecule has 3 rings (SSSR count). The number of aliphatic hydroxyl groups excluding tert-OH is 1. The number of nitrogens with one attached hydrogen (secondary N) is 2. The van der Waals surface area contributed by atoms with Gasteiger partial charge in [0.2, 0.25) is 0 Å². The van der Waals surface area contributed by atoms with E-state index >= 15 is 0 Å². The van der Waals surface area contributed by atoms with Crippen molar-refractivity contribution in [2.24, 2.45) is 11.8 Å². The molecule has 6 heteroatoms. The monoisotopic (exact) mass is 358 g/mol. The Morgan fingerprint density at radius 3 is 3.00 bits per heavy atom. The van der Waals surface area contributed by atoms with Crippen LogP contribution in [0, 0.1) is 18.8 Å². The number of nitrogens with zero attached hydrogens (tertiary/aromatic N) is 2. The topological polar surface area (TPSA) is 78.7 Å². The van der Waals surface area contributed by atoms with E-state index in [-0.39, 0.29) is 18.6 Å². The standard InChI is InChI=1S/C20H30N4O2/c1-13(8-10-25)15-5-4-6-16(12-15)22-20(26)17-7-9-24-14(2)11-18(21-3)23-19(17)24/h7,9,11,13,15-16,25H,4-6,8,10,12H2,1-3H3,(H,21,23)(H,22,26)/t13?,15?,16-/m0/s1. The summed E-state index contributed by atoms with van der Waals surface area (Å²) >= 11 is 0. The second kappa shape index (κ2) is 8.08. The fourth-order valence-corrected chi connectivity index (χ4v) is 4.12. The minimum Gasteiger partial charge on any atom is -0.396 e. The van der Waals surface area contributed by atoms with Crippen molar-refractivity contribution in [1.82, 2.24) is 14.7 Å². The lowest BCUT2D eigenvalue weighted by molar-refractivity contribution is 0.0908. The number of aromatic nitrogens is 2. The van der Waals surface area contributed by atoms with Gasteiger partial charge in [0.1, 0.15) is 5.82 Å². The van der Waals surface area contributed by atoms with Crippen molar-refractivity contribution < 1.29 is 9.90 Å². The lowest BCUT2D eigenvalue weighted by atomic mass is 9.77. The lowest BCUT2D eigenvalue weighted by Crippen LogP contribution is -2.39. The van der Waals surface area contributed by atoms with Gasteiger partial charge in [0, 0.05) is 37.7 Å². The quantitative estimate of drug-likeness (QED) is 0.742. The molecule has 0 spiro atoms. The summed E-state index contributed by atoms with van der Waals surface area (Å²) in [7, 11) is 1.83. The second-order valence-electron chi connectivity index (χ2n) is 7.54. The van der Waals surface area contributed by atoms with Crippen LogP contribution in [0.4, 0.5) is 5.82 Å². The maximum Gasteiger partial charge on any atom is 0.255 e. The number of hydrogen-bond donors (Lipinski definition) is 3. The average molecular weight is 358 g/mol. The van der Waals surface area contributed by atoms with Gasteiger partial charge in [-0.25, -0.2) is 4.98 Å². The summed E-state index contributed by atoms with van der Waals surface area (Å²) in [5.74, 6) is 1.78. The molecule has 0 bridgehead atoms. The molecule has 1 aliphatic carbocycles. The molecule has 142 valence electrons. The fraction of sp³-hybridized carbons (Fsp3) is 0.600. The summed E-state index contributed by atoms with van der Waals surface area (Å²) < 4.78 is 1.95. The van der Waals surface area contributed by atoms with Crippen molar-refractivity contribution in [3.05, 3.63) is 29.6 Å². The summed E-state index contributed by atoms with van der Waals surface area (Å²) in [6.07, 6.45) is 7.07. The largest absolute Gasteiger partial charge is 0.396 e. The molecule has 0 radical (unpaired) electrons. The van der Waals surface area contributed by atoms with Crippen LogP contribution in [0.15, 0.2) is 18.3 Å². The van der Waals surface area contributed by atoms with Crippen molar-refractivity contribution in [1.29, 1.82) is 0 Å². The van der Waals surface area contributed by atoms with E-state index in [1.54, 1.807) is 0 Å². The van der Waals surface area contributed by atoms with Crippen molar-refractivity contribution in [3.8, 4) is 0 Å². The van der Waals surface area contributed by atoms with Crippen LogP contribution in [-0.4, -0.2) is 40.1 Å². The molecule has 3 N–H and O–H groups in total. The molecule has 1 amide bonds. The van der Waals surface area contributed by atoms with Crippen LogP contribution in [-0.2, 0) is 0 Å². The molecule has 3 atom stereocenters. The Labute approximate surface area is 155 Å². The second-order valence-corrected chi connectivity index (χ2v) is 7.54. The van der Waals surface area contributed by atoms with E-state index in [0.29, 0.717) is 23.0 Å². The number of carbonyl (C=O) groups is 1. The zero-order valence-corrected chi connectivity index (χ0v) is 16.0. The third kappa shape index (κ3) is 3.85. The van der Waals surface area contributed by atoms with Crippen LogP contribution in [0.3, 0.4) is 0 Å². The van der Waals surface area contributed by atoms with Crippen molar-refractivity contribution >= 4 is 17.4 Å². The molecule has 0 aromatic carbocycles. The highest BCUT2D eigenvalue weighted by Gasteiger charge is 2.27. The first kappa shape index (κ1) is 18.7. The molecule has 1 fully saturated rings.